The van der Waals surface area contributed by atoms with E-state index in [2.05, 4.69) is 117 Å². The standard InChI is InChI=1S/4C13H14N2O/c4*1-10(11-6-4-3-5-7-11)12-8-9-13(16-2)15-14-12/h4*3-10H,1-2H3/t4*10-/m0000/s1. The van der Waals surface area contributed by atoms with Crippen LogP contribution in [0, 0.1) is 0 Å². The highest BCUT2D eigenvalue weighted by Gasteiger charge is 2.13. The van der Waals surface area contributed by atoms with Crippen molar-refractivity contribution in [3.63, 3.8) is 0 Å². The van der Waals surface area contributed by atoms with E-state index in [-0.39, 0.29) is 23.7 Å². The van der Waals surface area contributed by atoms with Gasteiger partial charge in [0.25, 0.3) is 0 Å². The van der Waals surface area contributed by atoms with Gasteiger partial charge in [-0.25, -0.2) is 0 Å². The van der Waals surface area contributed by atoms with Gasteiger partial charge < -0.3 is 18.9 Å². The molecule has 0 aliphatic rings. The van der Waals surface area contributed by atoms with Crippen LogP contribution in [0.3, 0.4) is 0 Å². The van der Waals surface area contributed by atoms with Crippen molar-refractivity contribution in [1.82, 2.24) is 40.8 Å². The van der Waals surface area contributed by atoms with Crippen LogP contribution >= 0.6 is 0 Å². The molecule has 0 N–H and O–H groups in total. The van der Waals surface area contributed by atoms with E-state index < -0.39 is 0 Å². The van der Waals surface area contributed by atoms with Crippen molar-refractivity contribution in [3.8, 4) is 23.5 Å². The molecule has 4 atom stereocenters. The lowest BCUT2D eigenvalue weighted by molar-refractivity contribution is 0.390. The van der Waals surface area contributed by atoms with E-state index in [9.17, 15) is 0 Å². The smallest absolute Gasteiger partial charge is 0.233 e. The predicted molar refractivity (Wildman–Crippen MR) is 250 cm³/mol. The van der Waals surface area contributed by atoms with Crippen LogP contribution in [0.1, 0.15) is 96.4 Å². The number of methoxy groups -OCH3 is 4. The Morgan fingerprint density at radius 3 is 0.578 bits per heavy atom. The quantitative estimate of drug-likeness (QED) is 0.115. The number of hydrogen-bond acceptors (Lipinski definition) is 12. The van der Waals surface area contributed by atoms with Crippen LogP contribution in [0.2, 0.25) is 0 Å². The van der Waals surface area contributed by atoms with Gasteiger partial charge in [-0.05, 0) is 46.5 Å². The third kappa shape index (κ3) is 14.2. The predicted octanol–water partition coefficient (Wildman–Crippen LogP) is 10.5. The molecule has 0 bridgehead atoms. The van der Waals surface area contributed by atoms with Gasteiger partial charge in [0, 0.05) is 47.9 Å². The van der Waals surface area contributed by atoms with Crippen LogP contribution in [0.5, 0.6) is 23.5 Å². The molecule has 4 heterocycles. The van der Waals surface area contributed by atoms with Crippen LogP contribution in [0.4, 0.5) is 0 Å². The zero-order chi connectivity index (χ0) is 45.5. The van der Waals surface area contributed by atoms with Crippen molar-refractivity contribution < 1.29 is 18.9 Å². The second kappa shape index (κ2) is 25.4. The Bertz CT molecular complexity index is 2110. The molecule has 4 aromatic heterocycles. The topological polar surface area (TPSA) is 140 Å². The van der Waals surface area contributed by atoms with Crippen molar-refractivity contribution in [2.75, 3.05) is 28.4 Å². The summed E-state index contributed by atoms with van der Waals surface area (Å²) in [7, 11) is 6.35. The van der Waals surface area contributed by atoms with E-state index in [0.717, 1.165) is 22.8 Å². The van der Waals surface area contributed by atoms with Gasteiger partial charge in [-0.15, -0.1) is 20.4 Å². The first-order chi connectivity index (χ1) is 31.2. The first kappa shape index (κ1) is 47.4. The average Bonchev–Trinajstić information content (AvgIpc) is 3.39. The third-order valence-electron chi connectivity index (χ3n) is 10.5. The van der Waals surface area contributed by atoms with E-state index >= 15 is 0 Å². The highest BCUT2D eigenvalue weighted by atomic mass is 16.5. The highest BCUT2D eigenvalue weighted by Crippen LogP contribution is 2.25. The summed E-state index contributed by atoms with van der Waals surface area (Å²) in [4.78, 5) is 0. The second-order valence-electron chi connectivity index (χ2n) is 14.5. The molecule has 0 aliphatic heterocycles. The van der Waals surface area contributed by atoms with Crippen molar-refractivity contribution in [2.24, 2.45) is 0 Å². The summed E-state index contributed by atoms with van der Waals surface area (Å²) in [6, 6.07) is 56.2. The average molecular weight is 857 g/mol. The molecule has 4 aromatic carbocycles. The van der Waals surface area contributed by atoms with Crippen LogP contribution in [0.25, 0.3) is 0 Å². The molecule has 328 valence electrons. The maximum atomic E-state index is 4.98. The summed E-state index contributed by atoms with van der Waals surface area (Å²) in [6.45, 7) is 8.47. The molecule has 12 heteroatoms. The number of ether oxygens (including phenoxy) is 4. The van der Waals surface area contributed by atoms with Gasteiger partial charge in [-0.1, -0.05) is 149 Å². The van der Waals surface area contributed by atoms with Gasteiger partial charge in [0.05, 0.1) is 51.2 Å². The lowest BCUT2D eigenvalue weighted by Gasteiger charge is -2.10. The summed E-state index contributed by atoms with van der Waals surface area (Å²) in [5.41, 5.74) is 8.76. The van der Waals surface area contributed by atoms with Gasteiger partial charge in [-0.3, -0.25) is 0 Å². The molecule has 0 saturated heterocycles. The van der Waals surface area contributed by atoms with Gasteiger partial charge in [-0.2, -0.15) is 20.4 Å². The molecule has 0 saturated carbocycles. The zero-order valence-electron chi connectivity index (χ0n) is 37.7. The SMILES string of the molecule is COc1ccc([C@@H](C)c2ccccc2)nn1.COc1ccc([C@@H](C)c2ccccc2)nn1.COc1ccc([C@@H](C)c2ccccc2)nn1.COc1ccc([C@@H](C)c2ccccc2)nn1. The van der Waals surface area contributed by atoms with Crippen LogP contribution in [-0.2, 0) is 0 Å². The maximum Gasteiger partial charge on any atom is 0.233 e. The minimum atomic E-state index is 0.250. The number of rotatable bonds is 12. The Hall–Kier alpha value is -7.60. The van der Waals surface area contributed by atoms with Gasteiger partial charge >= 0.3 is 0 Å². The largest absolute Gasteiger partial charge is 0.480 e. The zero-order valence-corrected chi connectivity index (χ0v) is 37.7. The van der Waals surface area contributed by atoms with Gasteiger partial charge in [0.15, 0.2) is 0 Å². The lowest BCUT2D eigenvalue weighted by atomic mass is 9.98. The van der Waals surface area contributed by atoms with Crippen LogP contribution < -0.4 is 18.9 Å². The Balaban J connectivity index is 0.000000161. The summed E-state index contributed by atoms with van der Waals surface area (Å²) >= 11 is 0. The molecule has 8 aromatic rings. The first-order valence-corrected chi connectivity index (χ1v) is 20.9. The molecular formula is C52H56N8O4. The minimum Gasteiger partial charge on any atom is -0.480 e. The number of aromatic nitrogens is 8. The fourth-order valence-corrected chi connectivity index (χ4v) is 6.33. The molecule has 0 aliphatic carbocycles. The van der Waals surface area contributed by atoms with Gasteiger partial charge in [0.1, 0.15) is 0 Å². The number of benzene rings is 4. The molecule has 64 heavy (non-hydrogen) atoms. The molecular weight excluding hydrogens is 801 g/mol. The second-order valence-corrected chi connectivity index (χ2v) is 14.5. The van der Waals surface area contributed by atoms with Crippen molar-refractivity contribution in [2.45, 2.75) is 51.4 Å². The fourth-order valence-electron chi connectivity index (χ4n) is 6.33. The summed E-state index contributed by atoms with van der Waals surface area (Å²) in [6.07, 6.45) is 0. The Labute approximate surface area is 376 Å². The van der Waals surface area contributed by atoms with E-state index in [0.29, 0.717) is 23.5 Å². The molecule has 0 spiro atoms. The molecule has 0 unspecified atom stereocenters. The van der Waals surface area contributed by atoms with Crippen molar-refractivity contribution in [3.05, 3.63) is 215 Å². The lowest BCUT2D eigenvalue weighted by Crippen LogP contribution is -2.01. The first-order valence-electron chi connectivity index (χ1n) is 20.9. The molecule has 0 amide bonds. The van der Waals surface area contributed by atoms with Crippen LogP contribution in [0.15, 0.2) is 170 Å². The molecule has 8 rings (SSSR count). The third-order valence-corrected chi connectivity index (χ3v) is 10.5. The van der Waals surface area contributed by atoms with Crippen molar-refractivity contribution in [1.29, 1.82) is 0 Å². The van der Waals surface area contributed by atoms with Gasteiger partial charge in [0.2, 0.25) is 23.5 Å². The maximum absolute atomic E-state index is 4.98. The normalized spacial score (nSPS) is 12.1. The highest BCUT2D eigenvalue weighted by molar-refractivity contribution is 5.31. The summed E-state index contributed by atoms with van der Waals surface area (Å²) < 4.78 is 19.9. The summed E-state index contributed by atoms with van der Waals surface area (Å²) in [5.74, 6) is 3.18. The Morgan fingerprint density at radius 1 is 0.250 bits per heavy atom. The number of nitrogens with zero attached hydrogens (tertiary/aromatic N) is 8. The molecule has 12 nitrogen and oxygen atoms in total. The van der Waals surface area contributed by atoms with E-state index in [1.807, 2.05) is 121 Å². The molecule has 0 fully saturated rings. The minimum absolute atomic E-state index is 0.250. The Morgan fingerprint density at radius 2 is 0.438 bits per heavy atom. The van der Waals surface area contributed by atoms with Crippen LogP contribution in [-0.4, -0.2) is 69.2 Å². The van der Waals surface area contributed by atoms with E-state index in [1.165, 1.54) is 22.3 Å². The number of hydrogen-bond donors (Lipinski definition) is 0. The van der Waals surface area contributed by atoms with E-state index in [4.69, 9.17) is 18.9 Å². The Kier molecular flexibility index (Phi) is 18.8. The summed E-state index contributed by atoms with van der Waals surface area (Å²) in [5, 5.41) is 32.5. The molecule has 0 radical (unpaired) electrons. The van der Waals surface area contributed by atoms with E-state index in [1.54, 1.807) is 28.4 Å². The fraction of sp³-hybridized carbons (Fsp3) is 0.231. The monoisotopic (exact) mass is 856 g/mol. The van der Waals surface area contributed by atoms with Crippen molar-refractivity contribution >= 4 is 0 Å².